The van der Waals surface area contributed by atoms with Crippen LogP contribution in [0.3, 0.4) is 0 Å². The van der Waals surface area contributed by atoms with Crippen molar-refractivity contribution in [3.63, 3.8) is 0 Å². The third kappa shape index (κ3) is 4.24. The predicted molar refractivity (Wildman–Crippen MR) is 154 cm³/mol. The van der Waals surface area contributed by atoms with Crippen molar-refractivity contribution in [2.24, 2.45) is 0 Å². The molecule has 0 amide bonds. The van der Waals surface area contributed by atoms with Gasteiger partial charge in [-0.05, 0) is 83.5 Å². The van der Waals surface area contributed by atoms with Gasteiger partial charge in [0.25, 0.3) is 0 Å². The van der Waals surface area contributed by atoms with E-state index in [1.807, 2.05) is 38.1 Å². The first-order chi connectivity index (χ1) is 18.1. The largest absolute Gasteiger partial charge is 0.505 e. The summed E-state index contributed by atoms with van der Waals surface area (Å²) in [5, 5.41) is 24.0. The molecule has 2 heterocycles. The van der Waals surface area contributed by atoms with E-state index in [9.17, 15) is 23.4 Å². The van der Waals surface area contributed by atoms with Gasteiger partial charge < -0.3 is 14.4 Å². The van der Waals surface area contributed by atoms with Gasteiger partial charge in [-0.2, -0.15) is 8.42 Å². The highest BCUT2D eigenvalue weighted by Gasteiger charge is 2.30. The summed E-state index contributed by atoms with van der Waals surface area (Å²) in [4.78, 5) is 12.6. The second-order valence-corrected chi connectivity index (χ2v) is 13.0. The van der Waals surface area contributed by atoms with E-state index in [-0.39, 0.29) is 5.75 Å². The monoisotopic (exact) mass is 566 g/mol. The Kier molecular flexibility index (Phi) is 6.71. The van der Waals surface area contributed by atoms with Gasteiger partial charge in [-0.25, -0.2) is 4.79 Å². The zero-order valence-electron chi connectivity index (χ0n) is 21.3. The fourth-order valence-corrected chi connectivity index (χ4v) is 8.19. The maximum atomic E-state index is 13.2. The number of aromatic hydroxyl groups is 1. The molecule has 2 aromatic heterocycles. The summed E-state index contributed by atoms with van der Waals surface area (Å²) in [5.74, 6) is -2.00. The van der Waals surface area contributed by atoms with Crippen molar-refractivity contribution in [1.82, 2.24) is 0 Å². The number of aromatic carboxylic acids is 1. The fourth-order valence-electron chi connectivity index (χ4n) is 4.83. The molecule has 9 heteroatoms. The summed E-state index contributed by atoms with van der Waals surface area (Å²) in [6.07, 6.45) is 1.02. The molecule has 0 aliphatic heterocycles. The molecule has 0 bridgehead atoms. The van der Waals surface area contributed by atoms with Crippen LogP contribution in [0.1, 0.15) is 45.8 Å². The van der Waals surface area contributed by atoms with Crippen LogP contribution in [0.4, 0.5) is 0 Å². The molecule has 5 rings (SSSR count). The fraction of sp³-hybridized carbons (Fsp3) is 0.207. The molecule has 38 heavy (non-hydrogen) atoms. The third-order valence-electron chi connectivity index (χ3n) is 6.86. The van der Waals surface area contributed by atoms with Gasteiger partial charge in [-0.1, -0.05) is 38.1 Å². The molecule has 0 saturated heterocycles. The minimum Gasteiger partial charge on any atom is -0.505 e. The van der Waals surface area contributed by atoms with E-state index in [0.717, 1.165) is 27.3 Å². The number of fused-ring (bicyclic) bond motifs is 2. The smallest absolute Gasteiger partial charge is 0.352 e. The maximum absolute atomic E-state index is 13.2. The topological polar surface area (TPSA) is 101 Å². The molecule has 0 aliphatic rings. The average molecular weight is 567 g/mol. The Hall–Kier alpha value is -3.40. The van der Waals surface area contributed by atoms with Crippen LogP contribution >= 0.6 is 22.7 Å². The lowest BCUT2D eigenvalue weighted by molar-refractivity contribution is 0.0694. The Balaban J connectivity index is 1.72. The standard InChI is InChI=1S/C29H26O6S3/c1-5-17-11-20(25-21-10-8-7-9-19(21)13-23-24(25)15(3)16(4)37-23)12-18(6-2)27(17)35-38(33,34)29-26(30)22(14-36-29)28(31)32/h7-14,30H,5-6H2,1-4H3,(H,31,32). The van der Waals surface area contributed by atoms with Crippen molar-refractivity contribution in [3.05, 3.63) is 75.0 Å². The van der Waals surface area contributed by atoms with Gasteiger partial charge in [0.05, 0.1) is 0 Å². The van der Waals surface area contributed by atoms with Crippen molar-refractivity contribution < 1.29 is 27.6 Å². The number of rotatable bonds is 7. The van der Waals surface area contributed by atoms with Crippen molar-refractivity contribution >= 4 is 59.6 Å². The first-order valence-electron chi connectivity index (χ1n) is 12.1. The van der Waals surface area contributed by atoms with Gasteiger partial charge in [0.2, 0.25) is 4.21 Å². The number of benzene rings is 3. The number of hydrogen-bond acceptors (Lipinski definition) is 7. The van der Waals surface area contributed by atoms with E-state index in [0.29, 0.717) is 35.3 Å². The molecule has 0 atom stereocenters. The predicted octanol–water partition coefficient (Wildman–Crippen LogP) is 7.70. The lowest BCUT2D eigenvalue weighted by Crippen LogP contribution is -2.12. The number of carboxylic acid groups (broad SMARTS) is 1. The van der Waals surface area contributed by atoms with Crippen LogP contribution in [0.25, 0.3) is 32.0 Å². The molecule has 2 N–H and O–H groups in total. The van der Waals surface area contributed by atoms with E-state index in [4.69, 9.17) is 4.18 Å². The van der Waals surface area contributed by atoms with Gasteiger partial charge in [-0.15, -0.1) is 22.7 Å². The Morgan fingerprint density at radius 3 is 2.29 bits per heavy atom. The van der Waals surface area contributed by atoms with Crippen LogP contribution in [-0.4, -0.2) is 24.6 Å². The second-order valence-electron chi connectivity index (χ2n) is 9.09. The number of carbonyl (C=O) groups is 1. The summed E-state index contributed by atoms with van der Waals surface area (Å²) >= 11 is 2.39. The number of thiophene rings is 2. The summed E-state index contributed by atoms with van der Waals surface area (Å²) in [6, 6.07) is 14.5. The molecule has 0 unspecified atom stereocenters. The highest BCUT2D eigenvalue weighted by Crippen LogP contribution is 2.45. The normalized spacial score (nSPS) is 11.9. The number of hydrogen-bond donors (Lipinski definition) is 2. The molecular formula is C29H26O6S3. The Morgan fingerprint density at radius 2 is 1.68 bits per heavy atom. The minimum absolute atomic E-state index is 0.220. The molecule has 0 spiro atoms. The van der Waals surface area contributed by atoms with Crippen LogP contribution < -0.4 is 4.18 Å². The third-order valence-corrected chi connectivity index (χ3v) is 10.7. The van der Waals surface area contributed by atoms with Gasteiger partial charge in [0.15, 0.2) is 5.75 Å². The zero-order valence-corrected chi connectivity index (χ0v) is 23.7. The lowest BCUT2D eigenvalue weighted by atomic mass is 9.90. The van der Waals surface area contributed by atoms with Crippen molar-refractivity contribution in [2.45, 2.75) is 44.7 Å². The van der Waals surface area contributed by atoms with Crippen molar-refractivity contribution in [2.75, 3.05) is 0 Å². The average Bonchev–Trinajstić information content (AvgIpc) is 3.42. The zero-order chi connectivity index (χ0) is 27.4. The Bertz CT molecular complexity index is 1820. The lowest BCUT2D eigenvalue weighted by Gasteiger charge is -2.18. The van der Waals surface area contributed by atoms with Crippen LogP contribution in [0.5, 0.6) is 11.5 Å². The molecule has 0 fully saturated rings. The highest BCUT2D eigenvalue weighted by atomic mass is 32.3. The Morgan fingerprint density at radius 1 is 1.03 bits per heavy atom. The SMILES string of the molecule is CCc1cc(-c2c3ccccc3cc3sc(C)c(C)c23)cc(CC)c1OS(=O)(=O)c1scc(C(=O)O)c1O. The van der Waals surface area contributed by atoms with E-state index >= 15 is 0 Å². The van der Waals surface area contributed by atoms with Gasteiger partial charge >= 0.3 is 16.1 Å². The maximum Gasteiger partial charge on any atom is 0.352 e. The number of carboxylic acids is 1. The van der Waals surface area contributed by atoms with E-state index < -0.39 is 31.6 Å². The molecule has 0 saturated carbocycles. The van der Waals surface area contributed by atoms with E-state index in [2.05, 4.69) is 32.0 Å². The Labute approximate surface area is 228 Å². The molecule has 0 radical (unpaired) electrons. The van der Waals surface area contributed by atoms with Crippen LogP contribution in [0, 0.1) is 13.8 Å². The van der Waals surface area contributed by atoms with Crippen LogP contribution in [0.2, 0.25) is 0 Å². The van der Waals surface area contributed by atoms with Crippen molar-refractivity contribution in [1.29, 1.82) is 0 Å². The number of aryl methyl sites for hydroxylation is 4. The van der Waals surface area contributed by atoms with E-state index in [1.165, 1.54) is 20.5 Å². The summed E-state index contributed by atoms with van der Waals surface area (Å²) in [5.41, 5.74) is 4.28. The quantitative estimate of drug-likeness (QED) is 0.196. The molecular weight excluding hydrogens is 541 g/mol. The molecule has 5 aromatic rings. The molecule has 3 aromatic carbocycles. The minimum atomic E-state index is -4.47. The van der Waals surface area contributed by atoms with Crippen LogP contribution in [0.15, 0.2) is 52.1 Å². The molecule has 6 nitrogen and oxygen atoms in total. The first-order valence-corrected chi connectivity index (χ1v) is 15.2. The van der Waals surface area contributed by atoms with E-state index in [1.54, 1.807) is 11.3 Å². The van der Waals surface area contributed by atoms with Gasteiger partial charge in [0, 0.05) is 20.3 Å². The van der Waals surface area contributed by atoms with Crippen LogP contribution in [-0.2, 0) is 23.0 Å². The van der Waals surface area contributed by atoms with Crippen molar-refractivity contribution in [3.8, 4) is 22.6 Å². The first kappa shape index (κ1) is 26.2. The second kappa shape index (κ2) is 9.72. The summed E-state index contributed by atoms with van der Waals surface area (Å²) < 4.78 is 32.7. The summed E-state index contributed by atoms with van der Waals surface area (Å²) in [7, 11) is -4.47. The molecule has 196 valence electrons. The summed E-state index contributed by atoms with van der Waals surface area (Å²) in [6.45, 7) is 8.13. The molecule has 0 aliphatic carbocycles. The van der Waals surface area contributed by atoms with Gasteiger partial charge in [0.1, 0.15) is 11.3 Å². The van der Waals surface area contributed by atoms with Gasteiger partial charge in [-0.3, -0.25) is 0 Å². The highest BCUT2D eigenvalue weighted by molar-refractivity contribution is 7.89.